The van der Waals surface area contributed by atoms with Gasteiger partial charge in [-0.1, -0.05) is 164 Å². The van der Waals surface area contributed by atoms with Gasteiger partial charge >= 0.3 is 0 Å². The Kier molecular flexibility index (Phi) is 7.77. The summed E-state index contributed by atoms with van der Waals surface area (Å²) in [5.74, 6) is 0. The van der Waals surface area contributed by atoms with E-state index in [0.29, 0.717) is 0 Å². The molecule has 0 spiro atoms. The first-order chi connectivity index (χ1) is 30.7. The van der Waals surface area contributed by atoms with Crippen LogP contribution in [0.3, 0.4) is 0 Å². The van der Waals surface area contributed by atoms with Crippen LogP contribution < -0.4 is 0 Å². The fourth-order valence-corrected chi connectivity index (χ4v) is 10.5. The average Bonchev–Trinajstić information content (AvgIpc) is 3.36. The molecule has 0 amide bonds. The van der Waals surface area contributed by atoms with Gasteiger partial charge in [0, 0.05) is 28.7 Å². The van der Waals surface area contributed by atoms with Crippen molar-refractivity contribution in [2.45, 2.75) is 12.8 Å². The van der Waals surface area contributed by atoms with Gasteiger partial charge in [0.2, 0.25) is 0 Å². The molecule has 0 N–H and O–H groups in total. The highest BCUT2D eigenvalue weighted by molar-refractivity contribution is 6.26. The van der Waals surface area contributed by atoms with E-state index in [0.717, 1.165) is 51.5 Å². The van der Waals surface area contributed by atoms with Gasteiger partial charge in [-0.3, -0.25) is 4.98 Å². The number of allylic oxidation sites excluding steroid dienone is 1. The molecule has 1 aliphatic carbocycles. The molecule has 0 saturated carbocycles. The Morgan fingerprint density at radius 3 is 1.61 bits per heavy atom. The fourth-order valence-electron chi connectivity index (χ4n) is 10.5. The number of fused-ring (bicyclic) bond motifs is 15. The third kappa shape index (κ3) is 5.36. The Morgan fingerprint density at radius 1 is 0.355 bits per heavy atom. The zero-order valence-corrected chi connectivity index (χ0v) is 33.9. The van der Waals surface area contributed by atoms with E-state index in [1.807, 2.05) is 18.5 Å². The first-order valence-electron chi connectivity index (χ1n) is 21.6. The molecule has 0 fully saturated rings. The summed E-state index contributed by atoms with van der Waals surface area (Å²) < 4.78 is 0. The Hall–Kier alpha value is -7.94. The van der Waals surface area contributed by atoms with Gasteiger partial charge in [0.1, 0.15) is 0 Å². The normalized spacial score (nSPS) is 12.6. The molecule has 1 aliphatic rings. The number of pyridine rings is 2. The second-order valence-corrected chi connectivity index (χ2v) is 16.7. The molecule has 12 aromatic rings. The average molecular weight is 787 g/mol. The lowest BCUT2D eigenvalue weighted by atomic mass is 9.85. The van der Waals surface area contributed by atoms with Crippen LogP contribution in [0.25, 0.3) is 126 Å². The van der Waals surface area contributed by atoms with Crippen LogP contribution >= 0.6 is 0 Å². The van der Waals surface area contributed by atoms with Crippen molar-refractivity contribution in [3.05, 3.63) is 212 Å². The fraction of sp³-hybridized carbons (Fsp3) is 0.0333. The van der Waals surface area contributed by atoms with E-state index in [9.17, 15) is 0 Å². The monoisotopic (exact) mass is 786 g/mol. The van der Waals surface area contributed by atoms with E-state index in [1.165, 1.54) is 92.6 Å². The SMILES string of the molecule is C1=Cc2c(c3ccccc3c3ccc(-c4cc(-c5ccc6c7ccccc7c7ccccc7c6c5)c5cc(-c6ccc(-c7cccnc7)cc6)c6ccccc6c5n4)cc23)CC1. The molecular formula is C60H38N2. The minimum Gasteiger partial charge on any atom is -0.264 e. The minimum atomic E-state index is 0.971. The van der Waals surface area contributed by atoms with Crippen molar-refractivity contribution in [2.24, 2.45) is 0 Å². The van der Waals surface area contributed by atoms with Gasteiger partial charge in [-0.2, -0.15) is 0 Å². The maximum absolute atomic E-state index is 5.66. The number of hydrogen-bond acceptors (Lipinski definition) is 2. The van der Waals surface area contributed by atoms with E-state index < -0.39 is 0 Å². The van der Waals surface area contributed by atoms with Crippen LogP contribution in [0.1, 0.15) is 17.5 Å². The lowest BCUT2D eigenvalue weighted by Crippen LogP contribution is -1.98. The molecule has 10 aromatic carbocycles. The smallest absolute Gasteiger partial charge is 0.0794 e. The van der Waals surface area contributed by atoms with Crippen molar-refractivity contribution < 1.29 is 0 Å². The summed E-state index contributed by atoms with van der Waals surface area (Å²) in [6.45, 7) is 0. The summed E-state index contributed by atoms with van der Waals surface area (Å²) in [5.41, 5.74) is 12.8. The molecule has 0 saturated heterocycles. The third-order valence-electron chi connectivity index (χ3n) is 13.4. The molecule has 2 heterocycles. The van der Waals surface area contributed by atoms with E-state index in [-0.39, 0.29) is 0 Å². The van der Waals surface area contributed by atoms with Gasteiger partial charge in [0.25, 0.3) is 0 Å². The van der Waals surface area contributed by atoms with Crippen LogP contribution in [-0.2, 0) is 6.42 Å². The molecule has 0 aliphatic heterocycles. The summed E-state index contributed by atoms with van der Waals surface area (Å²) in [6.07, 6.45) is 10.5. The Balaban J connectivity index is 1.10. The van der Waals surface area contributed by atoms with E-state index >= 15 is 0 Å². The number of nitrogens with zero attached hydrogens (tertiary/aromatic N) is 2. The van der Waals surface area contributed by atoms with E-state index in [2.05, 4.69) is 193 Å². The molecule has 288 valence electrons. The Morgan fingerprint density at radius 2 is 0.903 bits per heavy atom. The molecular weight excluding hydrogens is 749 g/mol. The second-order valence-electron chi connectivity index (χ2n) is 16.7. The largest absolute Gasteiger partial charge is 0.264 e. The lowest BCUT2D eigenvalue weighted by molar-refractivity contribution is 1.00. The quantitative estimate of drug-likeness (QED) is 0.166. The molecule has 0 atom stereocenters. The van der Waals surface area contributed by atoms with Crippen LogP contribution in [0.15, 0.2) is 200 Å². The molecule has 13 rings (SSSR count). The van der Waals surface area contributed by atoms with Crippen LogP contribution in [-0.4, -0.2) is 9.97 Å². The zero-order chi connectivity index (χ0) is 40.7. The van der Waals surface area contributed by atoms with E-state index in [1.54, 1.807) is 0 Å². The molecule has 0 bridgehead atoms. The van der Waals surface area contributed by atoms with Crippen molar-refractivity contribution in [2.75, 3.05) is 0 Å². The summed E-state index contributed by atoms with van der Waals surface area (Å²) >= 11 is 0. The predicted molar refractivity (Wildman–Crippen MR) is 264 cm³/mol. The predicted octanol–water partition coefficient (Wildman–Crippen LogP) is 16.2. The van der Waals surface area contributed by atoms with Gasteiger partial charge in [-0.05, 0) is 147 Å². The first kappa shape index (κ1) is 34.9. The molecule has 0 radical (unpaired) electrons. The summed E-state index contributed by atoms with van der Waals surface area (Å²) in [6, 6.07) is 67.3. The van der Waals surface area contributed by atoms with Crippen molar-refractivity contribution in [1.82, 2.24) is 9.97 Å². The van der Waals surface area contributed by atoms with Gasteiger partial charge in [-0.25, -0.2) is 4.98 Å². The summed E-state index contributed by atoms with van der Waals surface area (Å²) in [4.78, 5) is 10.0. The van der Waals surface area contributed by atoms with E-state index in [4.69, 9.17) is 4.98 Å². The summed E-state index contributed by atoms with van der Waals surface area (Å²) in [7, 11) is 0. The lowest BCUT2D eigenvalue weighted by Gasteiger charge is -2.19. The number of aryl methyl sites for hydroxylation is 1. The van der Waals surface area contributed by atoms with Crippen molar-refractivity contribution in [3.8, 4) is 44.6 Å². The minimum absolute atomic E-state index is 0.971. The molecule has 2 nitrogen and oxygen atoms in total. The highest BCUT2D eigenvalue weighted by Crippen LogP contribution is 2.44. The van der Waals surface area contributed by atoms with Crippen LogP contribution in [0.2, 0.25) is 0 Å². The van der Waals surface area contributed by atoms with Gasteiger partial charge in [0.15, 0.2) is 0 Å². The van der Waals surface area contributed by atoms with Crippen molar-refractivity contribution >= 4 is 81.6 Å². The van der Waals surface area contributed by atoms with Crippen LogP contribution in [0, 0.1) is 0 Å². The van der Waals surface area contributed by atoms with Crippen LogP contribution in [0.4, 0.5) is 0 Å². The standard InChI is InChI=1S/C60H38N2/c1-3-17-46-42(13-1)44-15-5-7-19-48(44)56-32-39(27-29-51(46)56)55-35-59(40-28-30-52-47-18-4-2-14-43(47)45-16-6-8-20-49(45)57(52)33-40)62-60-53-22-10-9-21-50(53)54(34-58(55)60)38-25-23-37(24-26-38)41-12-11-31-61-36-41/h1-5,7-15,17-36H,6,16H2. The third-order valence-corrected chi connectivity index (χ3v) is 13.4. The molecule has 62 heavy (non-hydrogen) atoms. The number of rotatable bonds is 4. The Labute approximate surface area is 359 Å². The maximum Gasteiger partial charge on any atom is 0.0794 e. The zero-order valence-electron chi connectivity index (χ0n) is 33.9. The maximum atomic E-state index is 5.66. The first-order valence-corrected chi connectivity index (χ1v) is 21.6. The Bertz CT molecular complexity index is 3810. The summed E-state index contributed by atoms with van der Waals surface area (Å²) in [5, 5.41) is 16.3. The van der Waals surface area contributed by atoms with Crippen molar-refractivity contribution in [1.29, 1.82) is 0 Å². The molecule has 0 unspecified atom stereocenters. The number of hydrogen-bond donors (Lipinski definition) is 0. The molecule has 2 heteroatoms. The number of aromatic nitrogens is 2. The van der Waals surface area contributed by atoms with Gasteiger partial charge in [-0.15, -0.1) is 0 Å². The molecule has 2 aromatic heterocycles. The topological polar surface area (TPSA) is 25.8 Å². The van der Waals surface area contributed by atoms with Crippen LogP contribution in [0.5, 0.6) is 0 Å². The van der Waals surface area contributed by atoms with Gasteiger partial charge < -0.3 is 0 Å². The number of benzene rings is 10. The highest BCUT2D eigenvalue weighted by atomic mass is 14.7. The van der Waals surface area contributed by atoms with Crippen molar-refractivity contribution in [3.63, 3.8) is 0 Å². The van der Waals surface area contributed by atoms with Gasteiger partial charge in [0.05, 0.1) is 11.2 Å². The highest BCUT2D eigenvalue weighted by Gasteiger charge is 2.20. The second kappa shape index (κ2) is 13.8.